The van der Waals surface area contributed by atoms with Gasteiger partial charge in [-0.1, -0.05) is 0 Å². The Morgan fingerprint density at radius 1 is 0.935 bits per heavy atom. The second-order valence-electron chi connectivity index (χ2n) is 6.21. The predicted molar refractivity (Wildman–Crippen MR) is 107 cm³/mol. The number of methoxy groups -OCH3 is 2. The molecule has 0 fully saturated rings. The number of halogens is 1. The molecule has 0 atom stereocenters. The standard InChI is InChI=1S/C22H18FNO7/c1-28-21(26)13-3-9-17(22(27)29-2)18(11-13)24-20(25)19-10-8-16(31-19)12-30-15-6-4-14(23)5-7-15/h3-11H,12H2,1-2H3,(H,24,25). The first kappa shape index (κ1) is 21.6. The van der Waals surface area contributed by atoms with E-state index in [2.05, 4.69) is 10.1 Å². The molecule has 0 aliphatic heterocycles. The van der Waals surface area contributed by atoms with Crippen LogP contribution < -0.4 is 10.1 Å². The molecular weight excluding hydrogens is 409 g/mol. The van der Waals surface area contributed by atoms with Crippen LogP contribution in [0.5, 0.6) is 5.75 Å². The van der Waals surface area contributed by atoms with Gasteiger partial charge in [0.25, 0.3) is 5.91 Å². The Labute approximate surface area is 176 Å². The average molecular weight is 427 g/mol. The fourth-order valence-corrected chi connectivity index (χ4v) is 2.63. The van der Waals surface area contributed by atoms with Gasteiger partial charge < -0.3 is 23.9 Å². The predicted octanol–water partition coefficient (Wildman–Crippen LogP) is 3.82. The number of hydrogen-bond acceptors (Lipinski definition) is 7. The molecule has 3 aromatic rings. The summed E-state index contributed by atoms with van der Waals surface area (Å²) in [4.78, 5) is 36.4. The van der Waals surface area contributed by atoms with E-state index in [1.54, 1.807) is 6.07 Å². The van der Waals surface area contributed by atoms with Crippen LogP contribution in [0.2, 0.25) is 0 Å². The largest absolute Gasteiger partial charge is 0.486 e. The molecule has 8 nitrogen and oxygen atoms in total. The molecule has 9 heteroatoms. The monoisotopic (exact) mass is 427 g/mol. The maximum absolute atomic E-state index is 12.9. The zero-order valence-corrected chi connectivity index (χ0v) is 16.6. The van der Waals surface area contributed by atoms with Gasteiger partial charge in [-0.15, -0.1) is 0 Å². The SMILES string of the molecule is COC(=O)c1ccc(C(=O)OC)c(NC(=O)c2ccc(COc3ccc(F)cc3)o2)c1. The number of carbonyl (C=O) groups excluding carboxylic acids is 3. The molecule has 0 unspecified atom stereocenters. The lowest BCUT2D eigenvalue weighted by Crippen LogP contribution is -2.16. The molecule has 2 aromatic carbocycles. The molecule has 1 heterocycles. The minimum Gasteiger partial charge on any atom is -0.486 e. The van der Waals surface area contributed by atoms with Crippen LogP contribution in [0, 0.1) is 5.82 Å². The maximum Gasteiger partial charge on any atom is 0.339 e. The second-order valence-corrected chi connectivity index (χ2v) is 6.21. The van der Waals surface area contributed by atoms with Gasteiger partial charge in [0.1, 0.15) is 23.9 Å². The van der Waals surface area contributed by atoms with Gasteiger partial charge in [0.2, 0.25) is 0 Å². The van der Waals surface area contributed by atoms with Gasteiger partial charge >= 0.3 is 11.9 Å². The van der Waals surface area contributed by atoms with Crippen molar-refractivity contribution in [1.29, 1.82) is 0 Å². The summed E-state index contributed by atoms with van der Waals surface area (Å²) < 4.78 is 33.2. The summed E-state index contributed by atoms with van der Waals surface area (Å²) in [5.41, 5.74) is 0.244. The third kappa shape index (κ3) is 5.27. The smallest absolute Gasteiger partial charge is 0.339 e. The minimum atomic E-state index is -0.695. The van der Waals surface area contributed by atoms with Crippen molar-refractivity contribution in [2.75, 3.05) is 19.5 Å². The van der Waals surface area contributed by atoms with Crippen LogP contribution in [-0.2, 0) is 16.1 Å². The van der Waals surface area contributed by atoms with Crippen molar-refractivity contribution in [1.82, 2.24) is 0 Å². The molecule has 0 bridgehead atoms. The van der Waals surface area contributed by atoms with Crippen molar-refractivity contribution in [3.05, 3.63) is 83.1 Å². The fraction of sp³-hybridized carbons (Fsp3) is 0.136. The molecule has 0 saturated heterocycles. The van der Waals surface area contributed by atoms with E-state index in [1.165, 1.54) is 62.8 Å². The lowest BCUT2D eigenvalue weighted by atomic mass is 10.1. The number of hydrogen-bond donors (Lipinski definition) is 1. The number of anilines is 1. The zero-order valence-electron chi connectivity index (χ0n) is 16.6. The molecule has 0 aliphatic rings. The van der Waals surface area contributed by atoms with Crippen LogP contribution >= 0.6 is 0 Å². The summed E-state index contributed by atoms with van der Waals surface area (Å²) >= 11 is 0. The topological polar surface area (TPSA) is 104 Å². The average Bonchev–Trinajstić information content (AvgIpc) is 3.27. The Hall–Kier alpha value is -4.14. The number of rotatable bonds is 7. The van der Waals surface area contributed by atoms with Crippen LogP contribution in [0.15, 0.2) is 59.0 Å². The quantitative estimate of drug-likeness (QED) is 0.572. The number of benzene rings is 2. The highest BCUT2D eigenvalue weighted by Crippen LogP contribution is 2.22. The van der Waals surface area contributed by atoms with Gasteiger partial charge in [-0.3, -0.25) is 4.79 Å². The van der Waals surface area contributed by atoms with Crippen LogP contribution in [0.3, 0.4) is 0 Å². The maximum atomic E-state index is 12.9. The van der Waals surface area contributed by atoms with Crippen molar-refractivity contribution in [3.63, 3.8) is 0 Å². The Kier molecular flexibility index (Phi) is 6.66. The van der Waals surface area contributed by atoms with Gasteiger partial charge in [0, 0.05) is 0 Å². The highest BCUT2D eigenvalue weighted by molar-refractivity contribution is 6.07. The number of furan rings is 1. The second kappa shape index (κ2) is 9.57. The zero-order chi connectivity index (χ0) is 22.4. The number of carbonyl (C=O) groups is 3. The molecule has 1 N–H and O–H groups in total. The Balaban J connectivity index is 1.74. The Morgan fingerprint density at radius 2 is 1.65 bits per heavy atom. The van der Waals surface area contributed by atoms with E-state index in [1.807, 2.05) is 0 Å². The van der Waals surface area contributed by atoms with Gasteiger partial charge in [0.05, 0.1) is 31.0 Å². The fourth-order valence-electron chi connectivity index (χ4n) is 2.63. The molecule has 0 saturated carbocycles. The highest BCUT2D eigenvalue weighted by Gasteiger charge is 2.19. The summed E-state index contributed by atoms with van der Waals surface area (Å²) in [7, 11) is 2.41. The lowest BCUT2D eigenvalue weighted by Gasteiger charge is -2.10. The number of esters is 2. The molecule has 0 spiro atoms. The molecule has 1 amide bonds. The van der Waals surface area contributed by atoms with E-state index >= 15 is 0 Å². The molecule has 0 aliphatic carbocycles. The van der Waals surface area contributed by atoms with Crippen molar-refractivity contribution >= 4 is 23.5 Å². The highest BCUT2D eigenvalue weighted by atomic mass is 19.1. The van der Waals surface area contributed by atoms with Crippen molar-refractivity contribution in [2.45, 2.75) is 6.61 Å². The number of nitrogens with one attached hydrogen (secondary N) is 1. The minimum absolute atomic E-state index is 0.0180. The van der Waals surface area contributed by atoms with Gasteiger partial charge in [-0.2, -0.15) is 0 Å². The van der Waals surface area contributed by atoms with Crippen LogP contribution in [-0.4, -0.2) is 32.1 Å². The molecule has 0 radical (unpaired) electrons. The number of ether oxygens (including phenoxy) is 3. The molecular formula is C22H18FNO7. The lowest BCUT2D eigenvalue weighted by molar-refractivity contribution is 0.0587. The molecule has 160 valence electrons. The molecule has 1 aromatic heterocycles. The Bertz CT molecular complexity index is 1110. The van der Waals surface area contributed by atoms with E-state index in [-0.39, 0.29) is 35.0 Å². The summed E-state index contributed by atoms with van der Waals surface area (Å²) in [5.74, 6) is -1.62. The normalized spacial score (nSPS) is 10.3. The van der Waals surface area contributed by atoms with E-state index in [4.69, 9.17) is 13.9 Å². The van der Waals surface area contributed by atoms with Gasteiger partial charge in [0.15, 0.2) is 5.76 Å². The van der Waals surface area contributed by atoms with Gasteiger partial charge in [-0.25, -0.2) is 14.0 Å². The van der Waals surface area contributed by atoms with Crippen LogP contribution in [0.1, 0.15) is 37.0 Å². The summed E-state index contributed by atoms with van der Waals surface area (Å²) in [5, 5.41) is 2.53. The Morgan fingerprint density at radius 3 is 2.32 bits per heavy atom. The third-order valence-electron chi connectivity index (χ3n) is 4.17. The summed E-state index contributed by atoms with van der Waals surface area (Å²) in [6, 6.07) is 12.5. The molecule has 3 rings (SSSR count). The van der Waals surface area contributed by atoms with Crippen molar-refractivity contribution < 1.29 is 37.4 Å². The first-order valence-corrected chi connectivity index (χ1v) is 9.00. The molecule has 31 heavy (non-hydrogen) atoms. The van der Waals surface area contributed by atoms with E-state index < -0.39 is 17.8 Å². The van der Waals surface area contributed by atoms with Crippen molar-refractivity contribution in [3.8, 4) is 5.75 Å². The first-order chi connectivity index (χ1) is 14.9. The first-order valence-electron chi connectivity index (χ1n) is 9.00. The van der Waals surface area contributed by atoms with Gasteiger partial charge in [-0.05, 0) is 54.6 Å². The van der Waals surface area contributed by atoms with E-state index in [0.717, 1.165) is 0 Å². The summed E-state index contributed by atoms with van der Waals surface area (Å²) in [6.45, 7) is 0.0180. The van der Waals surface area contributed by atoms with Crippen LogP contribution in [0.25, 0.3) is 0 Å². The van der Waals surface area contributed by atoms with Crippen LogP contribution in [0.4, 0.5) is 10.1 Å². The number of amides is 1. The third-order valence-corrected chi connectivity index (χ3v) is 4.17. The van der Waals surface area contributed by atoms with E-state index in [0.29, 0.717) is 11.5 Å². The van der Waals surface area contributed by atoms with Crippen molar-refractivity contribution in [2.24, 2.45) is 0 Å². The summed E-state index contributed by atoms with van der Waals surface area (Å²) in [6.07, 6.45) is 0. The van der Waals surface area contributed by atoms with E-state index in [9.17, 15) is 18.8 Å².